The summed E-state index contributed by atoms with van der Waals surface area (Å²) in [5.41, 5.74) is 9.50. The summed E-state index contributed by atoms with van der Waals surface area (Å²) in [7, 11) is 0. The number of hydrogen-bond donors (Lipinski definition) is 0. The molecule has 3 aromatic heterocycles. The highest BCUT2D eigenvalue weighted by Gasteiger charge is 2.27. The minimum atomic E-state index is 0.228. The number of nitrogens with zero attached hydrogens (tertiary/aromatic N) is 3. The van der Waals surface area contributed by atoms with Crippen molar-refractivity contribution in [3.63, 3.8) is 0 Å². The lowest BCUT2D eigenvalue weighted by Crippen LogP contribution is -2.10. The fourth-order valence-corrected chi connectivity index (χ4v) is 6.63. The maximum atomic E-state index is 6.53. The van der Waals surface area contributed by atoms with Gasteiger partial charge in [0, 0.05) is 33.3 Å². The van der Waals surface area contributed by atoms with Crippen molar-refractivity contribution in [1.29, 1.82) is 0 Å². The first kappa shape index (κ1) is 24.8. The van der Waals surface area contributed by atoms with E-state index in [0.717, 1.165) is 55.3 Å². The highest BCUT2D eigenvalue weighted by Crippen LogP contribution is 2.43. The number of hydrogen-bond acceptors (Lipinski definition) is 3. The van der Waals surface area contributed by atoms with E-state index in [-0.39, 0.29) is 11.8 Å². The molecule has 3 heterocycles. The second-order valence-corrected chi connectivity index (χ2v) is 11.8. The molecule has 4 heteroatoms. The Morgan fingerprint density at radius 1 is 0.690 bits per heavy atom. The van der Waals surface area contributed by atoms with E-state index in [1.807, 2.05) is 18.3 Å². The fourth-order valence-electron chi connectivity index (χ4n) is 6.63. The van der Waals surface area contributed by atoms with Gasteiger partial charge in [0.05, 0.1) is 27.8 Å². The Kier molecular flexibility index (Phi) is 5.48. The summed E-state index contributed by atoms with van der Waals surface area (Å²) < 4.78 is 8.91. The monoisotopic (exact) mass is 545 g/mol. The van der Waals surface area contributed by atoms with Crippen molar-refractivity contribution in [1.82, 2.24) is 14.5 Å². The highest BCUT2D eigenvalue weighted by atomic mass is 16.3. The molecule has 0 atom stereocenters. The van der Waals surface area contributed by atoms with Gasteiger partial charge in [-0.25, -0.2) is 4.98 Å². The van der Waals surface area contributed by atoms with E-state index in [2.05, 4.69) is 117 Å². The normalized spacial score (nSPS) is 12.2. The van der Waals surface area contributed by atoms with Crippen LogP contribution in [0.3, 0.4) is 0 Å². The van der Waals surface area contributed by atoms with E-state index >= 15 is 0 Å². The average Bonchev–Trinajstić information content (AvgIpc) is 3.58. The SMILES string of the molecule is CC(C)c1cc2c(ncc3ccccc32)c(C(C)C)c1-n1c(-c2cccc3c2oc2ccccc23)nc2ccccc21. The molecular weight excluding hydrogens is 514 g/mol. The summed E-state index contributed by atoms with van der Waals surface area (Å²) >= 11 is 0. The molecule has 8 aromatic rings. The van der Waals surface area contributed by atoms with Crippen molar-refractivity contribution < 1.29 is 4.42 Å². The van der Waals surface area contributed by atoms with Crippen molar-refractivity contribution in [3.8, 4) is 17.1 Å². The largest absolute Gasteiger partial charge is 0.455 e. The van der Waals surface area contributed by atoms with Gasteiger partial charge in [-0.3, -0.25) is 9.55 Å². The van der Waals surface area contributed by atoms with Crippen LogP contribution in [0.5, 0.6) is 0 Å². The molecule has 0 aliphatic heterocycles. The number of pyridine rings is 1. The number of para-hydroxylation sites is 4. The lowest BCUT2D eigenvalue weighted by atomic mass is 9.88. The standard InChI is InChI=1S/C38H31N3O/c1-22(2)29-20-30-25-13-6-5-12-24(25)21-39-35(30)34(23(3)4)36(29)41-32-18-9-8-17-31(32)40-38(41)28-16-11-15-27-26-14-7-10-19-33(26)42-37(27)28/h5-23H,1-4H3. The molecule has 4 nitrogen and oxygen atoms in total. The topological polar surface area (TPSA) is 43.9 Å². The Morgan fingerprint density at radius 2 is 1.43 bits per heavy atom. The quantitative estimate of drug-likeness (QED) is 0.207. The van der Waals surface area contributed by atoms with E-state index < -0.39 is 0 Å². The number of aromatic nitrogens is 3. The van der Waals surface area contributed by atoms with E-state index in [1.54, 1.807) is 0 Å². The molecule has 8 rings (SSSR count). The first-order valence-corrected chi connectivity index (χ1v) is 14.7. The van der Waals surface area contributed by atoms with Crippen LogP contribution in [0.2, 0.25) is 0 Å². The molecule has 0 spiro atoms. The van der Waals surface area contributed by atoms with Gasteiger partial charge >= 0.3 is 0 Å². The van der Waals surface area contributed by atoms with Crippen LogP contribution < -0.4 is 0 Å². The molecule has 0 N–H and O–H groups in total. The summed E-state index contributed by atoms with van der Waals surface area (Å²) in [6.07, 6.45) is 2.02. The molecule has 0 aliphatic rings. The molecule has 5 aromatic carbocycles. The van der Waals surface area contributed by atoms with E-state index in [4.69, 9.17) is 14.4 Å². The second-order valence-electron chi connectivity index (χ2n) is 11.8. The van der Waals surface area contributed by atoms with Crippen LogP contribution in [-0.4, -0.2) is 14.5 Å². The zero-order chi connectivity index (χ0) is 28.5. The summed E-state index contributed by atoms with van der Waals surface area (Å²) in [5.74, 6) is 1.38. The van der Waals surface area contributed by atoms with E-state index in [1.165, 1.54) is 27.6 Å². The third-order valence-corrected chi connectivity index (χ3v) is 8.55. The highest BCUT2D eigenvalue weighted by molar-refractivity contribution is 6.10. The lowest BCUT2D eigenvalue weighted by molar-refractivity contribution is 0.669. The maximum absolute atomic E-state index is 6.53. The van der Waals surface area contributed by atoms with Crippen LogP contribution in [0.25, 0.3) is 71.7 Å². The number of furan rings is 1. The lowest BCUT2D eigenvalue weighted by Gasteiger charge is -2.25. The second kappa shape index (κ2) is 9.28. The maximum Gasteiger partial charge on any atom is 0.149 e. The summed E-state index contributed by atoms with van der Waals surface area (Å²) in [4.78, 5) is 10.4. The first-order chi connectivity index (χ1) is 20.5. The Bertz CT molecular complexity index is 2320. The fraction of sp³-hybridized carbons (Fsp3) is 0.158. The van der Waals surface area contributed by atoms with Crippen molar-refractivity contribution >= 4 is 54.6 Å². The molecule has 0 radical (unpaired) electrons. The predicted octanol–water partition coefficient (Wildman–Crippen LogP) is 10.5. The zero-order valence-electron chi connectivity index (χ0n) is 24.2. The molecule has 0 amide bonds. The van der Waals surface area contributed by atoms with E-state index in [9.17, 15) is 0 Å². The van der Waals surface area contributed by atoms with E-state index in [0.29, 0.717) is 0 Å². The van der Waals surface area contributed by atoms with Gasteiger partial charge in [0.2, 0.25) is 0 Å². The third-order valence-electron chi connectivity index (χ3n) is 8.55. The Balaban J connectivity index is 1.55. The van der Waals surface area contributed by atoms with Gasteiger partial charge in [0.1, 0.15) is 17.0 Å². The van der Waals surface area contributed by atoms with Gasteiger partial charge < -0.3 is 4.42 Å². The molecule has 0 saturated carbocycles. The summed E-state index contributed by atoms with van der Waals surface area (Å²) in [5, 5.41) is 5.81. The first-order valence-electron chi connectivity index (χ1n) is 14.7. The van der Waals surface area contributed by atoms with Gasteiger partial charge in [0.15, 0.2) is 0 Å². The predicted molar refractivity (Wildman–Crippen MR) is 175 cm³/mol. The van der Waals surface area contributed by atoms with Gasteiger partial charge in [-0.05, 0) is 53.1 Å². The Morgan fingerprint density at radius 3 is 2.26 bits per heavy atom. The average molecular weight is 546 g/mol. The molecule has 204 valence electrons. The zero-order valence-corrected chi connectivity index (χ0v) is 24.2. The Labute approximate surface area is 244 Å². The van der Waals surface area contributed by atoms with Crippen LogP contribution in [0.4, 0.5) is 0 Å². The van der Waals surface area contributed by atoms with Crippen LogP contribution in [-0.2, 0) is 0 Å². The minimum Gasteiger partial charge on any atom is -0.455 e. The Hall–Kier alpha value is -4.96. The van der Waals surface area contributed by atoms with Crippen molar-refractivity contribution in [2.24, 2.45) is 0 Å². The summed E-state index contributed by atoms with van der Waals surface area (Å²) in [6.45, 7) is 9.12. The number of fused-ring (bicyclic) bond motifs is 7. The number of rotatable bonds is 4. The molecule has 0 unspecified atom stereocenters. The molecule has 0 bridgehead atoms. The van der Waals surface area contributed by atoms with Gasteiger partial charge in [0.25, 0.3) is 0 Å². The minimum absolute atomic E-state index is 0.228. The molecule has 42 heavy (non-hydrogen) atoms. The van der Waals surface area contributed by atoms with Crippen molar-refractivity contribution in [3.05, 3.63) is 114 Å². The smallest absolute Gasteiger partial charge is 0.149 e. The van der Waals surface area contributed by atoms with Crippen LogP contribution in [0, 0.1) is 0 Å². The molecule has 0 aliphatic carbocycles. The van der Waals surface area contributed by atoms with Crippen molar-refractivity contribution in [2.45, 2.75) is 39.5 Å². The molecule has 0 fully saturated rings. The number of imidazole rings is 1. The van der Waals surface area contributed by atoms with Crippen LogP contribution in [0.15, 0.2) is 108 Å². The van der Waals surface area contributed by atoms with Crippen molar-refractivity contribution in [2.75, 3.05) is 0 Å². The van der Waals surface area contributed by atoms with Crippen LogP contribution >= 0.6 is 0 Å². The number of benzene rings is 5. The third kappa shape index (κ3) is 3.54. The van der Waals surface area contributed by atoms with Crippen LogP contribution in [0.1, 0.15) is 50.7 Å². The molecular formula is C38H31N3O. The summed E-state index contributed by atoms with van der Waals surface area (Å²) in [6, 6.07) is 34.0. The molecule has 0 saturated heterocycles. The van der Waals surface area contributed by atoms with Gasteiger partial charge in [-0.1, -0.05) is 94.4 Å². The van der Waals surface area contributed by atoms with Gasteiger partial charge in [-0.2, -0.15) is 0 Å². The van der Waals surface area contributed by atoms with Gasteiger partial charge in [-0.15, -0.1) is 0 Å².